The third kappa shape index (κ3) is 4.39. The Morgan fingerprint density at radius 1 is 1.39 bits per heavy atom. The van der Waals surface area contributed by atoms with Gasteiger partial charge in [-0.05, 0) is 19.1 Å². The van der Waals surface area contributed by atoms with Gasteiger partial charge in [-0.15, -0.1) is 0 Å². The average molecular weight is 290 g/mol. The number of thioether (sulfide) groups is 1. The Labute approximate surface area is 118 Å². The first-order valence-corrected chi connectivity index (χ1v) is 8.09. The molecular weight excluding hydrogens is 268 g/mol. The Hall–Kier alpha value is -0.360. The summed E-state index contributed by atoms with van der Waals surface area (Å²) in [6, 6.07) is -0.536. The highest BCUT2D eigenvalue weighted by molar-refractivity contribution is 8.00. The molecule has 0 aromatic carbocycles. The van der Waals surface area contributed by atoms with Crippen LogP contribution in [0, 0.1) is 0 Å². The van der Waals surface area contributed by atoms with Crippen molar-refractivity contribution in [1.29, 1.82) is 0 Å². The number of hydrogen-bond acceptors (Lipinski definition) is 4. The SMILES string of the molecule is CSC1(CNC(=O)C(CS)NC(C)=O)CCCC1. The van der Waals surface area contributed by atoms with Crippen LogP contribution in [0.3, 0.4) is 0 Å². The number of nitrogens with one attached hydrogen (secondary N) is 2. The molecule has 4 nitrogen and oxygen atoms in total. The van der Waals surface area contributed by atoms with Gasteiger partial charge in [-0.3, -0.25) is 9.59 Å². The van der Waals surface area contributed by atoms with E-state index in [2.05, 4.69) is 29.5 Å². The van der Waals surface area contributed by atoms with E-state index < -0.39 is 6.04 Å². The zero-order valence-electron chi connectivity index (χ0n) is 11.0. The molecule has 0 aromatic rings. The summed E-state index contributed by atoms with van der Waals surface area (Å²) in [5.74, 6) is -0.0253. The Morgan fingerprint density at radius 2 is 2.00 bits per heavy atom. The normalized spacial score (nSPS) is 19.3. The van der Waals surface area contributed by atoms with Crippen molar-refractivity contribution >= 4 is 36.2 Å². The number of carbonyl (C=O) groups is 2. The van der Waals surface area contributed by atoms with Crippen molar-refractivity contribution < 1.29 is 9.59 Å². The van der Waals surface area contributed by atoms with Gasteiger partial charge in [-0.25, -0.2) is 0 Å². The number of rotatable bonds is 6. The van der Waals surface area contributed by atoms with E-state index in [0.717, 1.165) is 12.8 Å². The van der Waals surface area contributed by atoms with Gasteiger partial charge in [0, 0.05) is 24.0 Å². The summed E-state index contributed by atoms with van der Waals surface area (Å²) in [5, 5.41) is 5.55. The lowest BCUT2D eigenvalue weighted by atomic mass is 10.1. The lowest BCUT2D eigenvalue weighted by Gasteiger charge is -2.28. The lowest BCUT2D eigenvalue weighted by molar-refractivity contribution is -0.127. The summed E-state index contributed by atoms with van der Waals surface area (Å²) in [4.78, 5) is 22.9. The quantitative estimate of drug-likeness (QED) is 0.645. The van der Waals surface area contributed by atoms with E-state index in [1.807, 2.05) is 11.8 Å². The zero-order valence-corrected chi connectivity index (χ0v) is 12.7. The van der Waals surface area contributed by atoms with Gasteiger partial charge in [0.1, 0.15) is 6.04 Å². The lowest BCUT2D eigenvalue weighted by Crippen LogP contribution is -2.50. The maximum atomic E-state index is 11.9. The van der Waals surface area contributed by atoms with Crippen LogP contribution in [-0.4, -0.2) is 41.2 Å². The molecule has 104 valence electrons. The smallest absolute Gasteiger partial charge is 0.243 e. The summed E-state index contributed by atoms with van der Waals surface area (Å²) in [7, 11) is 0. The number of carbonyl (C=O) groups excluding carboxylic acids is 2. The fourth-order valence-corrected chi connectivity index (χ4v) is 3.45. The molecule has 2 amide bonds. The van der Waals surface area contributed by atoms with E-state index in [1.54, 1.807) is 0 Å². The minimum absolute atomic E-state index is 0.138. The monoisotopic (exact) mass is 290 g/mol. The average Bonchev–Trinajstić information content (AvgIpc) is 2.82. The third-order valence-electron chi connectivity index (χ3n) is 3.41. The molecule has 1 saturated carbocycles. The van der Waals surface area contributed by atoms with Gasteiger partial charge in [-0.2, -0.15) is 24.4 Å². The van der Waals surface area contributed by atoms with Crippen molar-refractivity contribution in [2.24, 2.45) is 0 Å². The molecule has 18 heavy (non-hydrogen) atoms. The molecule has 0 bridgehead atoms. The maximum absolute atomic E-state index is 11.9. The molecule has 1 unspecified atom stereocenters. The van der Waals surface area contributed by atoms with Crippen LogP contribution in [0.5, 0.6) is 0 Å². The van der Waals surface area contributed by atoms with Crippen LogP contribution in [0.1, 0.15) is 32.6 Å². The summed E-state index contributed by atoms with van der Waals surface area (Å²) >= 11 is 5.93. The molecule has 2 N–H and O–H groups in total. The second-order valence-electron chi connectivity index (χ2n) is 4.75. The molecule has 0 aromatic heterocycles. The van der Waals surface area contributed by atoms with E-state index >= 15 is 0 Å². The van der Waals surface area contributed by atoms with Crippen LogP contribution in [0.2, 0.25) is 0 Å². The molecule has 1 atom stereocenters. The van der Waals surface area contributed by atoms with Crippen LogP contribution in [0.4, 0.5) is 0 Å². The first kappa shape index (κ1) is 15.7. The molecular formula is C12H22N2O2S2. The van der Waals surface area contributed by atoms with Gasteiger partial charge in [-0.1, -0.05) is 12.8 Å². The Balaban J connectivity index is 2.45. The molecule has 0 radical (unpaired) electrons. The maximum Gasteiger partial charge on any atom is 0.243 e. The Morgan fingerprint density at radius 3 is 2.44 bits per heavy atom. The Bertz CT molecular complexity index is 304. The second kappa shape index (κ2) is 7.28. The topological polar surface area (TPSA) is 58.2 Å². The molecule has 0 aliphatic heterocycles. The Kier molecular flexibility index (Phi) is 6.35. The highest BCUT2D eigenvalue weighted by atomic mass is 32.2. The first-order valence-electron chi connectivity index (χ1n) is 6.24. The zero-order chi connectivity index (χ0) is 13.6. The largest absolute Gasteiger partial charge is 0.353 e. The van der Waals surface area contributed by atoms with Crippen molar-refractivity contribution in [1.82, 2.24) is 10.6 Å². The van der Waals surface area contributed by atoms with Gasteiger partial charge in [0.05, 0.1) is 0 Å². The summed E-state index contributed by atoms with van der Waals surface area (Å²) in [6.45, 7) is 2.08. The molecule has 6 heteroatoms. The van der Waals surface area contributed by atoms with Crippen LogP contribution >= 0.6 is 24.4 Å². The van der Waals surface area contributed by atoms with Crippen molar-refractivity contribution in [2.45, 2.75) is 43.4 Å². The molecule has 0 spiro atoms. The van der Waals surface area contributed by atoms with Crippen LogP contribution in [-0.2, 0) is 9.59 Å². The van der Waals surface area contributed by atoms with Gasteiger partial charge in [0.2, 0.25) is 11.8 Å². The van der Waals surface area contributed by atoms with E-state index in [1.165, 1.54) is 19.8 Å². The third-order valence-corrected chi connectivity index (χ3v) is 5.19. The first-order chi connectivity index (χ1) is 8.53. The van der Waals surface area contributed by atoms with E-state index in [0.29, 0.717) is 12.3 Å². The van der Waals surface area contributed by atoms with E-state index in [9.17, 15) is 9.59 Å². The predicted octanol–water partition coefficient (Wildman–Crippen LogP) is 1.21. The van der Waals surface area contributed by atoms with Gasteiger partial charge in [0.25, 0.3) is 0 Å². The van der Waals surface area contributed by atoms with E-state index in [4.69, 9.17) is 0 Å². The van der Waals surface area contributed by atoms with Crippen molar-refractivity contribution in [3.05, 3.63) is 0 Å². The van der Waals surface area contributed by atoms with Crippen LogP contribution in [0.25, 0.3) is 0 Å². The number of thiol groups is 1. The highest BCUT2D eigenvalue weighted by Gasteiger charge is 2.33. The fourth-order valence-electron chi connectivity index (χ4n) is 2.28. The minimum Gasteiger partial charge on any atom is -0.353 e. The highest BCUT2D eigenvalue weighted by Crippen LogP contribution is 2.39. The summed E-state index contributed by atoms with van der Waals surface area (Å²) in [5.41, 5.74) is 0. The van der Waals surface area contributed by atoms with Crippen molar-refractivity contribution in [3.8, 4) is 0 Å². The van der Waals surface area contributed by atoms with Gasteiger partial charge >= 0.3 is 0 Å². The van der Waals surface area contributed by atoms with Gasteiger partial charge in [0.15, 0.2) is 0 Å². The van der Waals surface area contributed by atoms with Crippen molar-refractivity contribution in [3.63, 3.8) is 0 Å². The van der Waals surface area contributed by atoms with Gasteiger partial charge < -0.3 is 10.6 Å². The molecule has 1 fully saturated rings. The second-order valence-corrected chi connectivity index (χ2v) is 6.39. The fraction of sp³-hybridized carbons (Fsp3) is 0.833. The summed E-state index contributed by atoms with van der Waals surface area (Å²) < 4.78 is 0.188. The van der Waals surface area contributed by atoms with E-state index in [-0.39, 0.29) is 16.6 Å². The predicted molar refractivity (Wildman–Crippen MR) is 79.2 cm³/mol. The number of hydrogen-bond donors (Lipinski definition) is 3. The minimum atomic E-state index is -0.536. The molecule has 0 heterocycles. The molecule has 0 saturated heterocycles. The van der Waals surface area contributed by atoms with Crippen LogP contribution < -0.4 is 10.6 Å². The molecule has 1 rings (SSSR count). The number of amides is 2. The van der Waals surface area contributed by atoms with Crippen LogP contribution in [0.15, 0.2) is 0 Å². The summed E-state index contributed by atoms with van der Waals surface area (Å²) in [6.07, 6.45) is 6.87. The van der Waals surface area contributed by atoms with Crippen molar-refractivity contribution in [2.75, 3.05) is 18.6 Å². The molecule has 1 aliphatic carbocycles. The standard InChI is InChI=1S/C12H22N2O2S2/c1-9(15)14-10(7-17)11(16)13-8-12(18-2)5-3-4-6-12/h10,17H,3-8H2,1-2H3,(H,13,16)(H,14,15). The molecule has 1 aliphatic rings.